The van der Waals surface area contributed by atoms with Crippen LogP contribution in [-0.4, -0.2) is 30.6 Å². The molecule has 0 atom stereocenters. The van der Waals surface area contributed by atoms with Crippen LogP contribution in [0.2, 0.25) is 0 Å². The summed E-state index contributed by atoms with van der Waals surface area (Å²) in [7, 11) is 0. The van der Waals surface area contributed by atoms with Gasteiger partial charge >= 0.3 is 0 Å². The lowest BCUT2D eigenvalue weighted by Crippen LogP contribution is -2.48. The molecule has 5 heteroatoms. The van der Waals surface area contributed by atoms with Crippen LogP contribution in [0.1, 0.15) is 17.3 Å². The average Bonchev–Trinajstić information content (AvgIpc) is 2.51. The highest BCUT2D eigenvalue weighted by molar-refractivity contribution is 5.94. The van der Waals surface area contributed by atoms with Gasteiger partial charge < -0.3 is 15.8 Å². The van der Waals surface area contributed by atoms with Gasteiger partial charge in [0.25, 0.3) is 5.91 Å². The first-order chi connectivity index (χ1) is 10.6. The van der Waals surface area contributed by atoms with E-state index in [-0.39, 0.29) is 11.3 Å². The molecule has 0 spiro atoms. The predicted molar refractivity (Wildman–Crippen MR) is 85.3 cm³/mol. The molecule has 0 unspecified atom stereocenters. The molecule has 3 N–H and O–H groups in total. The van der Waals surface area contributed by atoms with Crippen LogP contribution in [-0.2, 0) is 4.74 Å². The van der Waals surface area contributed by atoms with Crippen molar-refractivity contribution < 1.29 is 9.53 Å². The number of nitrogens with zero attached hydrogens (tertiary/aromatic N) is 1. The van der Waals surface area contributed by atoms with Crippen molar-refractivity contribution in [2.45, 2.75) is 6.92 Å². The number of anilines is 1. The third kappa shape index (κ3) is 2.94. The molecule has 2 aromatic rings. The molecule has 0 radical (unpaired) electrons. The fraction of sp³-hybridized carbons (Fsp3) is 0.294. The second-order valence-electron chi connectivity index (χ2n) is 6.03. The Labute approximate surface area is 129 Å². The van der Waals surface area contributed by atoms with E-state index in [0.717, 1.165) is 11.1 Å². The number of hydrogen-bond acceptors (Lipinski definition) is 4. The van der Waals surface area contributed by atoms with E-state index in [1.807, 2.05) is 12.1 Å². The lowest BCUT2D eigenvalue weighted by atomic mass is 9.88. The molecule has 0 bridgehead atoms. The second kappa shape index (κ2) is 5.77. The van der Waals surface area contributed by atoms with E-state index in [1.54, 1.807) is 30.6 Å². The van der Waals surface area contributed by atoms with E-state index in [9.17, 15) is 4.79 Å². The van der Waals surface area contributed by atoms with Crippen LogP contribution in [0.15, 0.2) is 42.7 Å². The monoisotopic (exact) mass is 297 g/mol. The van der Waals surface area contributed by atoms with Crippen LogP contribution in [0.3, 0.4) is 0 Å². The quantitative estimate of drug-likeness (QED) is 0.906. The summed E-state index contributed by atoms with van der Waals surface area (Å²) in [5.74, 6) is -0.0705. The number of ether oxygens (including phenoxy) is 1. The van der Waals surface area contributed by atoms with Crippen molar-refractivity contribution in [2.75, 3.05) is 25.5 Å². The number of hydrogen-bond donors (Lipinski definition) is 2. The minimum Gasteiger partial charge on any atom is -0.398 e. The van der Waals surface area contributed by atoms with Gasteiger partial charge in [-0.15, -0.1) is 0 Å². The number of carbonyl (C=O) groups excluding carboxylic acids is 1. The molecule has 5 nitrogen and oxygen atoms in total. The minimum atomic E-state index is -0.0705. The molecular weight excluding hydrogens is 278 g/mol. The van der Waals surface area contributed by atoms with Gasteiger partial charge in [-0.25, -0.2) is 0 Å². The highest BCUT2D eigenvalue weighted by Gasteiger charge is 2.33. The molecule has 1 aliphatic rings. The molecule has 1 amide bonds. The third-order valence-electron chi connectivity index (χ3n) is 3.89. The van der Waals surface area contributed by atoms with Crippen LogP contribution in [0.4, 0.5) is 5.69 Å². The fourth-order valence-corrected chi connectivity index (χ4v) is 2.40. The average molecular weight is 297 g/mol. The molecule has 2 heterocycles. The van der Waals surface area contributed by atoms with Crippen molar-refractivity contribution in [1.29, 1.82) is 0 Å². The number of nitrogens with two attached hydrogens (primary N) is 1. The summed E-state index contributed by atoms with van der Waals surface area (Å²) in [6, 6.07) is 9.14. The zero-order chi connectivity index (χ0) is 15.6. The molecular formula is C17H19N3O2. The first kappa shape index (κ1) is 14.5. The maximum Gasteiger partial charge on any atom is 0.251 e. The molecule has 22 heavy (non-hydrogen) atoms. The Morgan fingerprint density at radius 1 is 1.32 bits per heavy atom. The number of amides is 1. The van der Waals surface area contributed by atoms with Crippen LogP contribution < -0.4 is 11.1 Å². The predicted octanol–water partition coefficient (Wildman–Crippen LogP) is 2.10. The van der Waals surface area contributed by atoms with Crippen molar-refractivity contribution in [1.82, 2.24) is 10.3 Å². The number of rotatable bonds is 4. The number of pyridine rings is 1. The number of aromatic nitrogens is 1. The van der Waals surface area contributed by atoms with Gasteiger partial charge in [-0.05, 0) is 23.8 Å². The summed E-state index contributed by atoms with van der Waals surface area (Å²) in [5, 5.41) is 2.96. The van der Waals surface area contributed by atoms with Crippen molar-refractivity contribution in [2.24, 2.45) is 5.41 Å². The molecule has 1 saturated heterocycles. The standard InChI is InChI=1S/C17H19N3O2/c1-17(10-22-11-17)9-20-16(21)13-4-2-12(3-5-13)14-8-19-7-6-15(14)18/h2-8H,9-11H2,1H3,(H2,18,19)(H,20,21). The summed E-state index contributed by atoms with van der Waals surface area (Å²) in [6.07, 6.45) is 3.38. The van der Waals surface area contributed by atoms with Crippen molar-refractivity contribution in [3.05, 3.63) is 48.3 Å². The molecule has 3 rings (SSSR count). The largest absolute Gasteiger partial charge is 0.398 e. The van der Waals surface area contributed by atoms with Gasteiger partial charge in [-0.3, -0.25) is 9.78 Å². The zero-order valence-corrected chi connectivity index (χ0v) is 12.5. The van der Waals surface area contributed by atoms with E-state index in [4.69, 9.17) is 10.5 Å². The summed E-state index contributed by atoms with van der Waals surface area (Å²) in [5.41, 5.74) is 9.13. The molecule has 0 saturated carbocycles. The van der Waals surface area contributed by atoms with Crippen LogP contribution >= 0.6 is 0 Å². The number of benzene rings is 1. The molecule has 1 aromatic heterocycles. The molecule has 114 valence electrons. The topological polar surface area (TPSA) is 77.2 Å². The van der Waals surface area contributed by atoms with Crippen molar-refractivity contribution >= 4 is 11.6 Å². The van der Waals surface area contributed by atoms with E-state index >= 15 is 0 Å². The SMILES string of the molecule is CC1(CNC(=O)c2ccc(-c3cnccc3N)cc2)COC1. The van der Waals surface area contributed by atoms with Crippen LogP contribution in [0, 0.1) is 5.41 Å². The first-order valence-corrected chi connectivity index (χ1v) is 7.23. The molecule has 1 aromatic carbocycles. The van der Waals surface area contributed by atoms with Crippen LogP contribution in [0.5, 0.6) is 0 Å². The zero-order valence-electron chi connectivity index (χ0n) is 12.5. The van der Waals surface area contributed by atoms with Gasteiger partial charge in [-0.1, -0.05) is 19.1 Å². The maximum atomic E-state index is 12.2. The molecule has 1 fully saturated rings. The number of carbonyl (C=O) groups is 1. The Morgan fingerprint density at radius 2 is 2.05 bits per heavy atom. The Kier molecular flexibility index (Phi) is 3.81. The van der Waals surface area contributed by atoms with Crippen LogP contribution in [0.25, 0.3) is 11.1 Å². The normalized spacial score (nSPS) is 15.9. The Bertz CT molecular complexity index is 679. The highest BCUT2D eigenvalue weighted by Crippen LogP contribution is 2.26. The van der Waals surface area contributed by atoms with Gasteiger partial charge in [0.15, 0.2) is 0 Å². The summed E-state index contributed by atoms with van der Waals surface area (Å²) >= 11 is 0. The molecule has 1 aliphatic heterocycles. The Balaban J connectivity index is 1.68. The number of nitrogens with one attached hydrogen (secondary N) is 1. The summed E-state index contributed by atoms with van der Waals surface area (Å²) in [6.45, 7) is 4.13. The van der Waals surface area contributed by atoms with Gasteiger partial charge in [0.05, 0.1) is 13.2 Å². The lowest BCUT2D eigenvalue weighted by molar-refractivity contribution is -0.0978. The fourth-order valence-electron chi connectivity index (χ4n) is 2.40. The Morgan fingerprint density at radius 3 is 2.64 bits per heavy atom. The van der Waals surface area contributed by atoms with Gasteiger partial charge in [-0.2, -0.15) is 0 Å². The lowest BCUT2D eigenvalue weighted by Gasteiger charge is -2.38. The third-order valence-corrected chi connectivity index (χ3v) is 3.89. The summed E-state index contributed by atoms with van der Waals surface area (Å²) in [4.78, 5) is 16.2. The van der Waals surface area contributed by atoms with E-state index in [0.29, 0.717) is 31.0 Å². The Hall–Kier alpha value is -2.40. The van der Waals surface area contributed by atoms with E-state index in [1.165, 1.54) is 0 Å². The van der Waals surface area contributed by atoms with Gasteiger partial charge in [0, 0.05) is 41.2 Å². The highest BCUT2D eigenvalue weighted by atomic mass is 16.5. The first-order valence-electron chi connectivity index (χ1n) is 7.23. The van der Waals surface area contributed by atoms with E-state index < -0.39 is 0 Å². The van der Waals surface area contributed by atoms with Gasteiger partial charge in [0.2, 0.25) is 0 Å². The minimum absolute atomic E-state index is 0.0692. The van der Waals surface area contributed by atoms with E-state index in [2.05, 4.69) is 17.2 Å². The van der Waals surface area contributed by atoms with Gasteiger partial charge in [0.1, 0.15) is 0 Å². The van der Waals surface area contributed by atoms with Crippen molar-refractivity contribution in [3.8, 4) is 11.1 Å². The van der Waals surface area contributed by atoms with Crippen molar-refractivity contribution in [3.63, 3.8) is 0 Å². The smallest absolute Gasteiger partial charge is 0.251 e. The summed E-state index contributed by atoms with van der Waals surface area (Å²) < 4.78 is 5.18. The molecule has 0 aliphatic carbocycles. The maximum absolute atomic E-state index is 12.2. The number of nitrogen functional groups attached to an aromatic ring is 1. The second-order valence-corrected chi connectivity index (χ2v) is 6.03.